The van der Waals surface area contributed by atoms with Crippen LogP contribution in [0.2, 0.25) is 0 Å². The largest absolute Gasteiger partial charge is 0.480 e. The third kappa shape index (κ3) is 2.90. The zero-order valence-electron chi connectivity index (χ0n) is 12.6. The molecule has 0 aliphatic carbocycles. The summed E-state index contributed by atoms with van der Waals surface area (Å²) in [5, 5.41) is 9.30. The van der Waals surface area contributed by atoms with Gasteiger partial charge in [-0.2, -0.15) is 0 Å². The summed E-state index contributed by atoms with van der Waals surface area (Å²) in [6.07, 6.45) is 0.772. The molecule has 2 rings (SSSR count). The Bertz CT molecular complexity index is 378. The number of amides is 2. The van der Waals surface area contributed by atoms with Gasteiger partial charge >= 0.3 is 12.0 Å². The molecular weight excluding hydrogens is 258 g/mol. The van der Waals surface area contributed by atoms with Crippen LogP contribution in [0.1, 0.15) is 27.2 Å². The number of nitrogens with zero attached hydrogens (tertiary/aromatic N) is 3. The van der Waals surface area contributed by atoms with Crippen molar-refractivity contribution in [3.63, 3.8) is 0 Å². The number of hydrogen-bond donors (Lipinski definition) is 1. The number of hydrogen-bond acceptors (Lipinski definition) is 3. The van der Waals surface area contributed by atoms with Crippen molar-refractivity contribution in [1.29, 1.82) is 0 Å². The number of carboxylic acid groups (broad SMARTS) is 1. The molecule has 0 aromatic carbocycles. The van der Waals surface area contributed by atoms with E-state index in [1.807, 2.05) is 6.92 Å². The van der Waals surface area contributed by atoms with Crippen molar-refractivity contribution >= 4 is 12.0 Å². The monoisotopic (exact) mass is 283 g/mol. The predicted octanol–water partition coefficient (Wildman–Crippen LogP) is 0.927. The molecule has 2 saturated heterocycles. The van der Waals surface area contributed by atoms with Crippen molar-refractivity contribution in [2.45, 2.75) is 39.3 Å². The lowest BCUT2D eigenvalue weighted by atomic mass is 10.0. The lowest BCUT2D eigenvalue weighted by molar-refractivity contribution is -0.142. The molecular formula is C14H25N3O3. The van der Waals surface area contributed by atoms with E-state index in [4.69, 9.17) is 0 Å². The third-order valence-corrected chi connectivity index (χ3v) is 4.51. The third-order valence-electron chi connectivity index (χ3n) is 4.51. The minimum Gasteiger partial charge on any atom is -0.480 e. The van der Waals surface area contributed by atoms with Crippen LogP contribution in [0.5, 0.6) is 0 Å². The Morgan fingerprint density at radius 3 is 2.20 bits per heavy atom. The second kappa shape index (κ2) is 5.99. The van der Waals surface area contributed by atoms with Crippen LogP contribution in [-0.2, 0) is 4.79 Å². The fourth-order valence-corrected chi connectivity index (χ4v) is 3.15. The quantitative estimate of drug-likeness (QED) is 0.819. The molecule has 20 heavy (non-hydrogen) atoms. The Labute approximate surface area is 120 Å². The summed E-state index contributed by atoms with van der Waals surface area (Å²) in [5.41, 5.74) is 0. The van der Waals surface area contributed by atoms with Gasteiger partial charge in [0, 0.05) is 38.8 Å². The Balaban J connectivity index is 1.97. The highest BCUT2D eigenvalue weighted by Gasteiger charge is 2.41. The van der Waals surface area contributed by atoms with Gasteiger partial charge in [-0.05, 0) is 26.2 Å². The summed E-state index contributed by atoms with van der Waals surface area (Å²) in [4.78, 5) is 29.5. The molecule has 2 aliphatic heterocycles. The van der Waals surface area contributed by atoms with Crippen LogP contribution in [0, 0.1) is 5.92 Å². The van der Waals surface area contributed by atoms with Crippen LogP contribution < -0.4 is 0 Å². The summed E-state index contributed by atoms with van der Waals surface area (Å²) in [5.74, 6) is -0.849. The molecule has 6 heteroatoms. The molecule has 0 bridgehead atoms. The number of aliphatic carboxylic acids is 1. The first-order valence-electron chi connectivity index (χ1n) is 7.44. The summed E-state index contributed by atoms with van der Waals surface area (Å²) >= 11 is 0. The average molecular weight is 283 g/mol. The van der Waals surface area contributed by atoms with Crippen molar-refractivity contribution in [1.82, 2.24) is 14.7 Å². The van der Waals surface area contributed by atoms with E-state index >= 15 is 0 Å². The maximum atomic E-state index is 12.5. The fourth-order valence-electron chi connectivity index (χ4n) is 3.15. The average Bonchev–Trinajstić information content (AvgIpc) is 2.80. The van der Waals surface area contributed by atoms with Crippen LogP contribution in [0.4, 0.5) is 4.79 Å². The lowest BCUT2D eigenvalue weighted by Gasteiger charge is -2.39. The number of carbonyl (C=O) groups is 2. The van der Waals surface area contributed by atoms with Crippen molar-refractivity contribution in [3.8, 4) is 0 Å². The maximum Gasteiger partial charge on any atom is 0.326 e. The van der Waals surface area contributed by atoms with E-state index in [0.717, 1.165) is 19.5 Å². The Kier molecular flexibility index (Phi) is 4.52. The number of likely N-dealkylation sites (tertiary alicyclic amines) is 1. The van der Waals surface area contributed by atoms with Gasteiger partial charge in [-0.3, -0.25) is 4.90 Å². The first kappa shape index (κ1) is 15.1. The van der Waals surface area contributed by atoms with E-state index in [0.29, 0.717) is 25.7 Å². The number of carboxylic acids is 1. The second-order valence-electron chi connectivity index (χ2n) is 6.14. The van der Waals surface area contributed by atoms with Gasteiger partial charge in [-0.1, -0.05) is 6.92 Å². The molecule has 2 aliphatic rings. The van der Waals surface area contributed by atoms with Gasteiger partial charge in [0.1, 0.15) is 6.04 Å². The molecule has 114 valence electrons. The first-order chi connectivity index (χ1) is 9.41. The molecule has 2 atom stereocenters. The lowest BCUT2D eigenvalue weighted by Crippen LogP contribution is -2.56. The topological polar surface area (TPSA) is 64.1 Å². The molecule has 2 unspecified atom stereocenters. The zero-order chi connectivity index (χ0) is 14.9. The first-order valence-corrected chi connectivity index (χ1v) is 7.44. The fraction of sp³-hybridized carbons (Fsp3) is 0.857. The van der Waals surface area contributed by atoms with Gasteiger partial charge in [0.15, 0.2) is 0 Å². The van der Waals surface area contributed by atoms with Crippen LogP contribution >= 0.6 is 0 Å². The summed E-state index contributed by atoms with van der Waals surface area (Å²) in [7, 11) is 0. The molecule has 2 fully saturated rings. The number of carbonyl (C=O) groups excluding carboxylic acids is 1. The molecule has 1 N–H and O–H groups in total. The van der Waals surface area contributed by atoms with Crippen molar-refractivity contribution in [3.05, 3.63) is 0 Å². The summed E-state index contributed by atoms with van der Waals surface area (Å²) in [6, 6.07) is -0.276. The van der Waals surface area contributed by atoms with Gasteiger partial charge in [0.2, 0.25) is 0 Å². The normalized spacial score (nSPS) is 28.2. The van der Waals surface area contributed by atoms with Crippen LogP contribution in [0.15, 0.2) is 0 Å². The van der Waals surface area contributed by atoms with Crippen LogP contribution in [-0.4, -0.2) is 76.6 Å². The van der Waals surface area contributed by atoms with Crippen molar-refractivity contribution in [2.75, 3.05) is 32.7 Å². The van der Waals surface area contributed by atoms with Gasteiger partial charge in [-0.25, -0.2) is 9.59 Å². The molecule has 0 radical (unpaired) electrons. The molecule has 2 amide bonds. The van der Waals surface area contributed by atoms with E-state index < -0.39 is 12.0 Å². The SMILES string of the molecule is CC1CCN(C(=O)N2CCN(C(C)C)CC2)C1C(=O)O. The van der Waals surface area contributed by atoms with E-state index in [1.54, 1.807) is 4.90 Å². The van der Waals surface area contributed by atoms with E-state index in [1.165, 1.54) is 4.90 Å². The zero-order valence-corrected chi connectivity index (χ0v) is 12.6. The summed E-state index contributed by atoms with van der Waals surface area (Å²) in [6.45, 7) is 9.88. The number of rotatable bonds is 2. The van der Waals surface area contributed by atoms with Crippen LogP contribution in [0.25, 0.3) is 0 Å². The predicted molar refractivity (Wildman–Crippen MR) is 75.6 cm³/mol. The smallest absolute Gasteiger partial charge is 0.326 e. The number of urea groups is 1. The van der Waals surface area contributed by atoms with Gasteiger partial charge in [0.05, 0.1) is 0 Å². The van der Waals surface area contributed by atoms with E-state index in [-0.39, 0.29) is 11.9 Å². The summed E-state index contributed by atoms with van der Waals surface area (Å²) < 4.78 is 0. The molecule has 6 nitrogen and oxygen atoms in total. The highest BCUT2D eigenvalue weighted by molar-refractivity contribution is 5.83. The Morgan fingerprint density at radius 1 is 1.10 bits per heavy atom. The molecule has 0 saturated carbocycles. The Hall–Kier alpha value is -1.30. The molecule has 0 spiro atoms. The van der Waals surface area contributed by atoms with Gasteiger partial charge < -0.3 is 14.9 Å². The van der Waals surface area contributed by atoms with E-state index in [9.17, 15) is 14.7 Å². The van der Waals surface area contributed by atoms with Crippen molar-refractivity contribution < 1.29 is 14.7 Å². The second-order valence-corrected chi connectivity index (χ2v) is 6.14. The highest BCUT2D eigenvalue weighted by Crippen LogP contribution is 2.25. The van der Waals surface area contributed by atoms with Gasteiger partial charge in [-0.15, -0.1) is 0 Å². The minimum absolute atomic E-state index is 0.0356. The highest BCUT2D eigenvalue weighted by atomic mass is 16.4. The molecule has 2 heterocycles. The minimum atomic E-state index is -0.885. The maximum absolute atomic E-state index is 12.5. The number of piperazine rings is 1. The van der Waals surface area contributed by atoms with E-state index in [2.05, 4.69) is 18.7 Å². The Morgan fingerprint density at radius 2 is 1.70 bits per heavy atom. The van der Waals surface area contributed by atoms with Crippen molar-refractivity contribution in [2.24, 2.45) is 5.92 Å². The van der Waals surface area contributed by atoms with Gasteiger partial charge in [0.25, 0.3) is 0 Å². The standard InChI is InChI=1S/C14H25N3O3/c1-10(2)15-6-8-16(9-7-15)14(20)17-5-4-11(3)12(17)13(18)19/h10-12H,4-9H2,1-3H3,(H,18,19). The molecule has 0 aromatic rings. The molecule has 0 aromatic heterocycles. The van der Waals surface area contributed by atoms with Crippen LogP contribution in [0.3, 0.4) is 0 Å².